The maximum Gasteiger partial charge on any atom is 0.418 e. The van der Waals surface area contributed by atoms with Crippen LogP contribution in [0.2, 0.25) is 0 Å². The number of pyridine rings is 1. The van der Waals surface area contributed by atoms with Gasteiger partial charge in [0.25, 0.3) is 0 Å². The van der Waals surface area contributed by atoms with Crippen LogP contribution in [0, 0.1) is 11.3 Å². The lowest BCUT2D eigenvalue weighted by atomic mass is 10.1. The summed E-state index contributed by atoms with van der Waals surface area (Å²) in [6.07, 6.45) is -4.15. The van der Waals surface area contributed by atoms with E-state index in [4.69, 9.17) is 5.26 Å². The molecular weight excluding hydrogens is 209 g/mol. The van der Waals surface area contributed by atoms with Gasteiger partial charge >= 0.3 is 6.18 Å². The van der Waals surface area contributed by atoms with E-state index >= 15 is 0 Å². The van der Waals surface area contributed by atoms with Crippen LogP contribution in [0.15, 0.2) is 12.3 Å². The molecule has 0 saturated carbocycles. The van der Waals surface area contributed by atoms with Gasteiger partial charge in [0.05, 0.1) is 25.2 Å². The zero-order valence-corrected chi connectivity index (χ0v) is 7.80. The van der Waals surface area contributed by atoms with Gasteiger partial charge in [-0.15, -0.1) is 0 Å². The average molecular weight is 216 g/mol. The predicted molar refractivity (Wildman–Crippen MR) is 45.1 cm³/mol. The standard InChI is InChI=1S/C9H7F3N2O/c1-15-8-4-6(2-3-13)7(5-14-8)9(10,11)12/h4-5H,2H2,1H3. The normalized spacial score (nSPS) is 10.9. The van der Waals surface area contributed by atoms with Gasteiger partial charge in [0, 0.05) is 12.3 Å². The van der Waals surface area contributed by atoms with Gasteiger partial charge in [-0.2, -0.15) is 18.4 Å². The Morgan fingerprint density at radius 2 is 2.20 bits per heavy atom. The maximum absolute atomic E-state index is 12.4. The topological polar surface area (TPSA) is 45.9 Å². The Labute approximate surface area is 84.1 Å². The molecule has 0 N–H and O–H groups in total. The van der Waals surface area contributed by atoms with Crippen LogP contribution in [0.3, 0.4) is 0 Å². The minimum Gasteiger partial charge on any atom is -0.481 e. The van der Waals surface area contributed by atoms with Crippen LogP contribution in [0.5, 0.6) is 5.88 Å². The van der Waals surface area contributed by atoms with Crippen molar-refractivity contribution in [3.63, 3.8) is 0 Å². The van der Waals surface area contributed by atoms with Crippen molar-refractivity contribution >= 4 is 0 Å². The summed E-state index contributed by atoms with van der Waals surface area (Å²) < 4.78 is 41.9. The number of hydrogen-bond donors (Lipinski definition) is 0. The van der Waals surface area contributed by atoms with E-state index in [1.807, 2.05) is 0 Å². The van der Waals surface area contributed by atoms with Crippen molar-refractivity contribution in [1.82, 2.24) is 4.98 Å². The van der Waals surface area contributed by atoms with Gasteiger partial charge in [-0.25, -0.2) is 4.98 Å². The molecule has 0 aliphatic rings. The Morgan fingerprint density at radius 3 is 2.67 bits per heavy atom. The number of methoxy groups -OCH3 is 1. The monoisotopic (exact) mass is 216 g/mol. The molecule has 1 heterocycles. The lowest BCUT2D eigenvalue weighted by Gasteiger charge is -2.11. The van der Waals surface area contributed by atoms with Crippen LogP contribution in [0.1, 0.15) is 11.1 Å². The van der Waals surface area contributed by atoms with E-state index in [1.165, 1.54) is 7.11 Å². The van der Waals surface area contributed by atoms with E-state index in [0.29, 0.717) is 6.20 Å². The molecule has 1 aromatic heterocycles. The van der Waals surface area contributed by atoms with Crippen molar-refractivity contribution in [3.8, 4) is 11.9 Å². The molecule has 0 unspecified atom stereocenters. The number of hydrogen-bond acceptors (Lipinski definition) is 3. The van der Waals surface area contributed by atoms with Gasteiger partial charge < -0.3 is 4.74 Å². The van der Waals surface area contributed by atoms with Crippen molar-refractivity contribution in [1.29, 1.82) is 5.26 Å². The van der Waals surface area contributed by atoms with Crippen LogP contribution in [-0.4, -0.2) is 12.1 Å². The third-order valence-electron chi connectivity index (χ3n) is 1.75. The average Bonchev–Trinajstić information content (AvgIpc) is 2.16. The molecule has 0 saturated heterocycles. The predicted octanol–water partition coefficient (Wildman–Crippen LogP) is 2.18. The largest absolute Gasteiger partial charge is 0.481 e. The first-order valence-corrected chi connectivity index (χ1v) is 3.96. The molecule has 1 rings (SSSR count). The zero-order valence-electron chi connectivity index (χ0n) is 7.80. The van der Waals surface area contributed by atoms with E-state index in [1.54, 1.807) is 6.07 Å². The van der Waals surface area contributed by atoms with Crippen LogP contribution in [-0.2, 0) is 12.6 Å². The summed E-state index contributed by atoms with van der Waals surface area (Å²) in [5.41, 5.74) is -1.03. The third kappa shape index (κ3) is 2.59. The number of aromatic nitrogens is 1. The molecule has 0 bridgehead atoms. The number of nitriles is 1. The zero-order chi connectivity index (χ0) is 11.5. The first kappa shape index (κ1) is 11.3. The molecule has 15 heavy (non-hydrogen) atoms. The Kier molecular flexibility index (Phi) is 3.14. The molecular formula is C9H7F3N2O. The third-order valence-corrected chi connectivity index (χ3v) is 1.75. The lowest BCUT2D eigenvalue weighted by Crippen LogP contribution is -2.10. The van der Waals surface area contributed by atoms with E-state index in [-0.39, 0.29) is 17.9 Å². The second kappa shape index (κ2) is 4.17. The quantitative estimate of drug-likeness (QED) is 0.761. The summed E-state index contributed by atoms with van der Waals surface area (Å²) in [5, 5.41) is 8.39. The summed E-state index contributed by atoms with van der Waals surface area (Å²) in [7, 11) is 1.30. The molecule has 80 valence electrons. The summed E-state index contributed by atoms with van der Waals surface area (Å²) in [6, 6.07) is 2.78. The fourth-order valence-electron chi connectivity index (χ4n) is 1.07. The molecule has 0 fully saturated rings. The maximum atomic E-state index is 12.4. The van der Waals surface area contributed by atoms with Crippen LogP contribution in [0.25, 0.3) is 0 Å². The van der Waals surface area contributed by atoms with Crippen LogP contribution < -0.4 is 4.74 Å². The van der Waals surface area contributed by atoms with Crippen molar-refractivity contribution in [2.24, 2.45) is 0 Å². The van der Waals surface area contributed by atoms with Gasteiger partial charge in [0.2, 0.25) is 5.88 Å². The molecule has 0 radical (unpaired) electrons. The van der Waals surface area contributed by atoms with Gasteiger partial charge in [-0.3, -0.25) is 0 Å². The fourth-order valence-corrected chi connectivity index (χ4v) is 1.07. The number of nitrogens with zero attached hydrogens (tertiary/aromatic N) is 2. The highest BCUT2D eigenvalue weighted by Gasteiger charge is 2.33. The van der Waals surface area contributed by atoms with Gasteiger partial charge in [-0.1, -0.05) is 0 Å². The van der Waals surface area contributed by atoms with Crippen molar-refractivity contribution in [2.75, 3.05) is 7.11 Å². The molecule has 0 amide bonds. The first-order chi connectivity index (χ1) is 6.99. The minimum absolute atomic E-state index is 0.0632. The summed E-state index contributed by atoms with van der Waals surface area (Å²) in [5.74, 6) is 0.0632. The van der Waals surface area contributed by atoms with Gasteiger partial charge in [0.1, 0.15) is 0 Å². The van der Waals surface area contributed by atoms with Crippen molar-refractivity contribution in [3.05, 3.63) is 23.4 Å². The van der Waals surface area contributed by atoms with Crippen molar-refractivity contribution in [2.45, 2.75) is 12.6 Å². The number of ether oxygens (including phenoxy) is 1. The SMILES string of the molecule is COc1cc(CC#N)c(C(F)(F)F)cn1. The van der Waals surface area contributed by atoms with Crippen molar-refractivity contribution < 1.29 is 17.9 Å². The second-order valence-electron chi connectivity index (χ2n) is 2.72. The Hall–Kier alpha value is -1.77. The molecule has 0 aliphatic heterocycles. The molecule has 0 aromatic carbocycles. The van der Waals surface area contributed by atoms with Crippen LogP contribution in [0.4, 0.5) is 13.2 Å². The highest BCUT2D eigenvalue weighted by Crippen LogP contribution is 2.32. The smallest absolute Gasteiger partial charge is 0.418 e. The molecule has 0 spiro atoms. The van der Waals surface area contributed by atoms with Gasteiger partial charge in [-0.05, 0) is 5.56 Å². The van der Waals surface area contributed by atoms with Crippen LogP contribution >= 0.6 is 0 Å². The van der Waals surface area contributed by atoms with E-state index in [0.717, 1.165) is 6.07 Å². The highest BCUT2D eigenvalue weighted by molar-refractivity contribution is 5.33. The molecule has 1 aromatic rings. The highest BCUT2D eigenvalue weighted by atomic mass is 19.4. The number of rotatable bonds is 2. The summed E-state index contributed by atoms with van der Waals surface area (Å²) >= 11 is 0. The summed E-state index contributed by atoms with van der Waals surface area (Å²) in [6.45, 7) is 0. The molecule has 3 nitrogen and oxygen atoms in total. The van der Waals surface area contributed by atoms with E-state index < -0.39 is 11.7 Å². The molecule has 0 atom stereocenters. The van der Waals surface area contributed by atoms with Gasteiger partial charge in [0.15, 0.2) is 0 Å². The Bertz CT molecular complexity index is 395. The first-order valence-electron chi connectivity index (χ1n) is 3.96. The molecule has 6 heteroatoms. The summed E-state index contributed by atoms with van der Waals surface area (Å²) in [4.78, 5) is 3.45. The number of halogens is 3. The minimum atomic E-state index is -4.49. The molecule has 0 aliphatic carbocycles. The number of alkyl halides is 3. The Balaban J connectivity index is 3.22. The second-order valence-corrected chi connectivity index (χ2v) is 2.72. The fraction of sp³-hybridized carbons (Fsp3) is 0.333. The van der Waals surface area contributed by atoms with E-state index in [9.17, 15) is 13.2 Å². The van der Waals surface area contributed by atoms with E-state index in [2.05, 4.69) is 9.72 Å². The lowest BCUT2D eigenvalue weighted by molar-refractivity contribution is -0.138. The Morgan fingerprint density at radius 1 is 1.53 bits per heavy atom.